The molecule has 0 fully saturated rings. The molecule has 1 rings (SSSR count). The minimum atomic E-state index is 0. The SMILES string of the molecule is S=C([S-])c1ccncc1.[K+]. The molecular weight excluding hydrogens is 189 g/mol. The predicted molar refractivity (Wildman–Crippen MR) is 43.3 cm³/mol. The summed E-state index contributed by atoms with van der Waals surface area (Å²) in [5, 5.41) is 0. The van der Waals surface area contributed by atoms with E-state index in [1.807, 2.05) is 0 Å². The Morgan fingerprint density at radius 1 is 1.40 bits per heavy atom. The topological polar surface area (TPSA) is 12.9 Å². The Morgan fingerprint density at radius 2 is 1.90 bits per heavy atom. The van der Waals surface area contributed by atoms with Gasteiger partial charge in [0.15, 0.2) is 0 Å². The molecule has 0 saturated carbocycles. The van der Waals surface area contributed by atoms with Crippen molar-refractivity contribution in [3.05, 3.63) is 30.1 Å². The van der Waals surface area contributed by atoms with Gasteiger partial charge in [0.25, 0.3) is 0 Å². The van der Waals surface area contributed by atoms with Gasteiger partial charge in [-0.1, -0.05) is 0 Å². The normalized spacial score (nSPS) is 8.00. The summed E-state index contributed by atoms with van der Waals surface area (Å²) < 4.78 is 0.498. The van der Waals surface area contributed by atoms with Gasteiger partial charge in [-0.05, 0) is 17.7 Å². The second-order valence-electron chi connectivity index (χ2n) is 1.52. The molecular formula is C6H4KNS2. The minimum absolute atomic E-state index is 0. The Bertz CT molecular complexity index is 212. The Morgan fingerprint density at radius 3 is 2.20 bits per heavy atom. The maximum Gasteiger partial charge on any atom is 1.00 e. The minimum Gasteiger partial charge on any atom is -0.428 e. The summed E-state index contributed by atoms with van der Waals surface area (Å²) >= 11 is 9.50. The van der Waals surface area contributed by atoms with E-state index >= 15 is 0 Å². The summed E-state index contributed by atoms with van der Waals surface area (Å²) in [6, 6.07) is 3.60. The third kappa shape index (κ3) is 3.48. The Kier molecular flexibility index (Phi) is 6.34. The van der Waals surface area contributed by atoms with Crippen molar-refractivity contribution in [2.45, 2.75) is 0 Å². The van der Waals surface area contributed by atoms with Crippen molar-refractivity contribution in [2.75, 3.05) is 0 Å². The van der Waals surface area contributed by atoms with Gasteiger partial charge in [0.2, 0.25) is 0 Å². The number of hydrogen-bond acceptors (Lipinski definition) is 3. The fraction of sp³-hybridized carbons (Fsp3) is 0. The molecule has 1 aromatic heterocycles. The van der Waals surface area contributed by atoms with Crippen molar-refractivity contribution in [1.29, 1.82) is 0 Å². The third-order valence-corrected chi connectivity index (χ3v) is 1.39. The van der Waals surface area contributed by atoms with Crippen LogP contribution >= 0.6 is 12.2 Å². The molecule has 1 aromatic rings. The van der Waals surface area contributed by atoms with Crippen molar-refractivity contribution in [1.82, 2.24) is 4.98 Å². The first-order chi connectivity index (χ1) is 4.30. The first-order valence-corrected chi connectivity index (χ1v) is 3.24. The van der Waals surface area contributed by atoms with E-state index in [0.717, 1.165) is 5.56 Å². The molecule has 1 nitrogen and oxygen atoms in total. The van der Waals surface area contributed by atoms with E-state index in [2.05, 4.69) is 4.98 Å². The summed E-state index contributed by atoms with van der Waals surface area (Å²) in [4.78, 5) is 3.82. The van der Waals surface area contributed by atoms with E-state index in [1.54, 1.807) is 24.5 Å². The smallest absolute Gasteiger partial charge is 0.428 e. The fourth-order valence-electron chi connectivity index (χ4n) is 0.488. The van der Waals surface area contributed by atoms with E-state index in [-0.39, 0.29) is 51.4 Å². The quantitative estimate of drug-likeness (QED) is 0.300. The summed E-state index contributed by atoms with van der Waals surface area (Å²) in [6.07, 6.45) is 3.35. The van der Waals surface area contributed by atoms with Crippen LogP contribution in [0.25, 0.3) is 0 Å². The number of aromatic nitrogens is 1. The average Bonchev–Trinajstić information content (AvgIpc) is 1.90. The zero-order chi connectivity index (χ0) is 6.69. The molecule has 0 bridgehead atoms. The van der Waals surface area contributed by atoms with Crippen molar-refractivity contribution < 1.29 is 51.4 Å². The van der Waals surface area contributed by atoms with Crippen molar-refractivity contribution in [3.63, 3.8) is 0 Å². The number of thiocarbonyl (C=S) groups is 1. The zero-order valence-corrected chi connectivity index (χ0v) is 10.3. The van der Waals surface area contributed by atoms with Gasteiger partial charge < -0.3 is 24.8 Å². The summed E-state index contributed by atoms with van der Waals surface area (Å²) in [7, 11) is 0. The van der Waals surface area contributed by atoms with Crippen LogP contribution in [0.5, 0.6) is 0 Å². The van der Waals surface area contributed by atoms with Gasteiger partial charge in [0, 0.05) is 12.4 Å². The van der Waals surface area contributed by atoms with E-state index in [0.29, 0.717) is 4.20 Å². The monoisotopic (exact) mass is 193 g/mol. The maximum absolute atomic E-state index is 4.75. The van der Waals surface area contributed by atoms with Crippen molar-refractivity contribution in [2.24, 2.45) is 0 Å². The number of nitrogens with zero attached hydrogens (tertiary/aromatic N) is 1. The van der Waals surface area contributed by atoms with Gasteiger partial charge in [-0.2, -0.15) is 0 Å². The Balaban J connectivity index is 0.000000810. The van der Waals surface area contributed by atoms with Crippen LogP contribution in [0.15, 0.2) is 24.5 Å². The third-order valence-electron chi connectivity index (χ3n) is 0.916. The second kappa shape index (κ2) is 5.71. The van der Waals surface area contributed by atoms with Gasteiger partial charge in [0.05, 0.1) is 0 Å². The molecule has 0 saturated heterocycles. The number of hydrogen-bond donors (Lipinski definition) is 0. The maximum atomic E-state index is 4.75. The predicted octanol–water partition coefficient (Wildman–Crippen LogP) is -1.69. The van der Waals surface area contributed by atoms with Crippen LogP contribution in [0.2, 0.25) is 0 Å². The van der Waals surface area contributed by atoms with Crippen LogP contribution in [-0.2, 0) is 12.6 Å². The van der Waals surface area contributed by atoms with Crippen LogP contribution in [0, 0.1) is 0 Å². The largest absolute Gasteiger partial charge is 1.00 e. The van der Waals surface area contributed by atoms with Crippen LogP contribution in [-0.4, -0.2) is 9.18 Å². The Labute approximate surface area is 113 Å². The molecule has 4 heteroatoms. The van der Waals surface area contributed by atoms with Gasteiger partial charge in [0.1, 0.15) is 0 Å². The molecule has 0 radical (unpaired) electrons. The van der Waals surface area contributed by atoms with Crippen LogP contribution in [0.4, 0.5) is 0 Å². The molecule has 46 valence electrons. The van der Waals surface area contributed by atoms with Gasteiger partial charge in [-0.15, -0.1) is 4.20 Å². The molecule has 0 aliphatic heterocycles. The van der Waals surface area contributed by atoms with Crippen molar-refractivity contribution >= 4 is 29.0 Å². The molecule has 0 unspecified atom stereocenters. The summed E-state index contributed by atoms with van der Waals surface area (Å²) in [5.41, 5.74) is 0.898. The van der Waals surface area contributed by atoms with Gasteiger partial charge in [-0.25, -0.2) is 0 Å². The average molecular weight is 193 g/mol. The standard InChI is InChI=1S/C6H5NS2.K/c8-6(9)5-1-3-7-4-2-5;/h1-4H,(H,8,9);/q;+1/p-1. The molecule has 0 atom stereocenters. The first-order valence-electron chi connectivity index (χ1n) is 2.42. The first kappa shape index (κ1) is 11.1. The van der Waals surface area contributed by atoms with Gasteiger partial charge >= 0.3 is 51.4 Å². The molecule has 0 spiro atoms. The molecule has 0 aliphatic rings. The van der Waals surface area contributed by atoms with E-state index in [1.165, 1.54) is 0 Å². The molecule has 1 heterocycles. The van der Waals surface area contributed by atoms with E-state index in [4.69, 9.17) is 24.8 Å². The van der Waals surface area contributed by atoms with Crippen LogP contribution in [0.1, 0.15) is 5.56 Å². The molecule has 0 aliphatic carbocycles. The molecule has 0 aromatic carbocycles. The fourth-order valence-corrected chi connectivity index (χ4v) is 0.760. The summed E-state index contributed by atoms with van der Waals surface area (Å²) in [5.74, 6) is 0. The molecule has 0 amide bonds. The van der Waals surface area contributed by atoms with E-state index in [9.17, 15) is 0 Å². The van der Waals surface area contributed by atoms with Gasteiger partial charge in [-0.3, -0.25) is 4.98 Å². The number of rotatable bonds is 1. The van der Waals surface area contributed by atoms with Crippen LogP contribution < -0.4 is 51.4 Å². The van der Waals surface area contributed by atoms with Crippen LogP contribution in [0.3, 0.4) is 0 Å². The molecule has 0 N–H and O–H groups in total. The molecule has 10 heavy (non-hydrogen) atoms. The van der Waals surface area contributed by atoms with Crippen molar-refractivity contribution in [3.8, 4) is 0 Å². The Hall–Kier alpha value is 1.10. The number of pyridine rings is 1. The summed E-state index contributed by atoms with van der Waals surface area (Å²) in [6.45, 7) is 0. The van der Waals surface area contributed by atoms with E-state index < -0.39 is 0 Å². The second-order valence-corrected chi connectivity index (χ2v) is 2.60. The zero-order valence-electron chi connectivity index (χ0n) is 5.57.